The zero-order valence-corrected chi connectivity index (χ0v) is 9.37. The first kappa shape index (κ1) is 10.5. The third kappa shape index (κ3) is 1.84. The molecule has 3 rings (SSSR count). The van der Waals surface area contributed by atoms with Gasteiger partial charge in [0.05, 0.1) is 23.1 Å². The predicted molar refractivity (Wildman–Crippen MR) is 65.9 cm³/mol. The van der Waals surface area contributed by atoms with Crippen LogP contribution in [0, 0.1) is 0 Å². The molecule has 0 saturated carbocycles. The average Bonchev–Trinajstić information content (AvgIpc) is 2.94. The molecule has 0 bridgehead atoms. The Morgan fingerprint density at radius 1 is 1.06 bits per heavy atom. The Hall–Kier alpha value is -2.62. The van der Waals surface area contributed by atoms with Crippen LogP contribution in [0.2, 0.25) is 0 Å². The Morgan fingerprint density at radius 2 is 2.00 bits per heavy atom. The van der Waals surface area contributed by atoms with E-state index >= 15 is 0 Å². The second-order valence-corrected chi connectivity index (χ2v) is 3.73. The van der Waals surface area contributed by atoms with Crippen molar-refractivity contribution >= 4 is 0 Å². The van der Waals surface area contributed by atoms with E-state index in [9.17, 15) is 4.79 Å². The van der Waals surface area contributed by atoms with Gasteiger partial charge in [0.25, 0.3) is 0 Å². The van der Waals surface area contributed by atoms with Crippen LogP contribution in [0.5, 0.6) is 0 Å². The molecule has 4 nitrogen and oxygen atoms in total. The SMILES string of the molecule is O=c1occ(-c2ccco2)cc1-c1ccccn1. The lowest BCUT2D eigenvalue weighted by molar-refractivity contribution is 0.509. The van der Waals surface area contributed by atoms with Gasteiger partial charge in [-0.1, -0.05) is 6.07 Å². The van der Waals surface area contributed by atoms with Crippen LogP contribution in [-0.2, 0) is 0 Å². The summed E-state index contributed by atoms with van der Waals surface area (Å²) in [6.07, 6.45) is 4.59. The molecule has 0 saturated heterocycles. The van der Waals surface area contributed by atoms with Crippen molar-refractivity contribution in [1.29, 1.82) is 0 Å². The zero-order chi connectivity index (χ0) is 12.4. The summed E-state index contributed by atoms with van der Waals surface area (Å²) in [6.45, 7) is 0. The van der Waals surface area contributed by atoms with Crippen LogP contribution in [0.3, 0.4) is 0 Å². The van der Waals surface area contributed by atoms with Crippen LogP contribution >= 0.6 is 0 Å². The third-order valence-corrected chi connectivity index (χ3v) is 2.56. The van der Waals surface area contributed by atoms with Gasteiger partial charge >= 0.3 is 5.63 Å². The van der Waals surface area contributed by atoms with Crippen molar-refractivity contribution in [3.05, 3.63) is 65.5 Å². The highest BCUT2D eigenvalue weighted by molar-refractivity contribution is 5.66. The molecule has 0 spiro atoms. The standard InChI is InChI=1S/C14H9NO3/c16-14-11(12-4-1-2-6-15-12)8-10(9-18-14)13-5-3-7-17-13/h1-9H. The molecule has 0 fully saturated rings. The Morgan fingerprint density at radius 3 is 2.72 bits per heavy atom. The van der Waals surface area contributed by atoms with Gasteiger partial charge in [0.15, 0.2) is 0 Å². The summed E-state index contributed by atoms with van der Waals surface area (Å²) in [5, 5.41) is 0. The summed E-state index contributed by atoms with van der Waals surface area (Å²) >= 11 is 0. The number of rotatable bonds is 2. The molecule has 3 aromatic heterocycles. The van der Waals surface area contributed by atoms with E-state index in [0.717, 1.165) is 0 Å². The van der Waals surface area contributed by atoms with E-state index in [1.54, 1.807) is 42.8 Å². The van der Waals surface area contributed by atoms with E-state index in [2.05, 4.69) is 4.98 Å². The summed E-state index contributed by atoms with van der Waals surface area (Å²) in [7, 11) is 0. The summed E-state index contributed by atoms with van der Waals surface area (Å²) in [5.41, 5.74) is 1.30. The summed E-state index contributed by atoms with van der Waals surface area (Å²) in [5.74, 6) is 0.649. The molecule has 4 heteroatoms. The molecule has 0 unspecified atom stereocenters. The van der Waals surface area contributed by atoms with Crippen molar-refractivity contribution in [2.75, 3.05) is 0 Å². The first-order valence-electron chi connectivity index (χ1n) is 5.43. The fraction of sp³-hybridized carbons (Fsp3) is 0. The molecule has 3 aromatic rings. The summed E-state index contributed by atoms with van der Waals surface area (Å²) in [6, 6.07) is 10.7. The predicted octanol–water partition coefficient (Wildman–Crippen LogP) is 2.96. The van der Waals surface area contributed by atoms with Crippen molar-refractivity contribution in [2.24, 2.45) is 0 Å². The van der Waals surface area contributed by atoms with Gasteiger partial charge in [-0.15, -0.1) is 0 Å². The van der Waals surface area contributed by atoms with Gasteiger partial charge in [-0.05, 0) is 30.3 Å². The molecule has 0 aliphatic rings. The molecular formula is C14H9NO3. The van der Waals surface area contributed by atoms with Crippen molar-refractivity contribution in [2.45, 2.75) is 0 Å². The van der Waals surface area contributed by atoms with Gasteiger partial charge < -0.3 is 8.83 Å². The Balaban J connectivity index is 2.16. The van der Waals surface area contributed by atoms with Gasteiger partial charge in [0.2, 0.25) is 0 Å². The molecule has 0 N–H and O–H groups in total. The highest BCUT2D eigenvalue weighted by atomic mass is 16.4. The molecule has 0 aliphatic carbocycles. The number of nitrogens with zero attached hydrogens (tertiary/aromatic N) is 1. The fourth-order valence-electron chi connectivity index (χ4n) is 1.70. The molecule has 0 aliphatic heterocycles. The number of pyridine rings is 1. The number of hydrogen-bond donors (Lipinski definition) is 0. The molecule has 3 heterocycles. The van der Waals surface area contributed by atoms with Crippen LogP contribution < -0.4 is 5.63 Å². The first-order valence-corrected chi connectivity index (χ1v) is 5.43. The maximum atomic E-state index is 11.7. The van der Waals surface area contributed by atoms with Crippen molar-refractivity contribution in [1.82, 2.24) is 4.98 Å². The minimum absolute atomic E-state index is 0.413. The molecular weight excluding hydrogens is 230 g/mol. The quantitative estimate of drug-likeness (QED) is 0.689. The van der Waals surface area contributed by atoms with E-state index in [0.29, 0.717) is 22.6 Å². The molecule has 0 radical (unpaired) electrons. The highest BCUT2D eigenvalue weighted by Gasteiger charge is 2.09. The summed E-state index contributed by atoms with van der Waals surface area (Å²) < 4.78 is 10.3. The molecule has 18 heavy (non-hydrogen) atoms. The molecule has 0 amide bonds. The van der Waals surface area contributed by atoms with E-state index < -0.39 is 5.63 Å². The van der Waals surface area contributed by atoms with Gasteiger partial charge in [0.1, 0.15) is 12.0 Å². The van der Waals surface area contributed by atoms with Gasteiger partial charge in [0, 0.05) is 6.20 Å². The van der Waals surface area contributed by atoms with Gasteiger partial charge in [-0.2, -0.15) is 0 Å². The lowest BCUT2D eigenvalue weighted by Crippen LogP contribution is -2.03. The monoisotopic (exact) mass is 239 g/mol. The fourth-order valence-corrected chi connectivity index (χ4v) is 1.70. The summed E-state index contributed by atoms with van der Waals surface area (Å²) in [4.78, 5) is 15.8. The van der Waals surface area contributed by atoms with E-state index in [-0.39, 0.29) is 0 Å². The maximum absolute atomic E-state index is 11.7. The van der Waals surface area contributed by atoms with E-state index in [1.807, 2.05) is 6.07 Å². The van der Waals surface area contributed by atoms with Crippen LogP contribution in [0.4, 0.5) is 0 Å². The minimum Gasteiger partial charge on any atom is -0.464 e. The smallest absolute Gasteiger partial charge is 0.345 e. The number of hydrogen-bond acceptors (Lipinski definition) is 4. The third-order valence-electron chi connectivity index (χ3n) is 2.56. The molecule has 0 aromatic carbocycles. The van der Waals surface area contributed by atoms with Crippen LogP contribution in [-0.4, -0.2) is 4.98 Å². The maximum Gasteiger partial charge on any atom is 0.345 e. The van der Waals surface area contributed by atoms with Crippen LogP contribution in [0.1, 0.15) is 0 Å². The zero-order valence-electron chi connectivity index (χ0n) is 9.37. The Bertz CT molecular complexity index is 699. The lowest BCUT2D eigenvalue weighted by Gasteiger charge is -2.00. The Labute approximate surface area is 103 Å². The van der Waals surface area contributed by atoms with E-state index in [1.165, 1.54) is 6.26 Å². The largest absolute Gasteiger partial charge is 0.464 e. The highest BCUT2D eigenvalue weighted by Crippen LogP contribution is 2.22. The normalized spacial score (nSPS) is 10.4. The van der Waals surface area contributed by atoms with Crippen molar-refractivity contribution in [3.63, 3.8) is 0 Å². The van der Waals surface area contributed by atoms with Crippen molar-refractivity contribution < 1.29 is 8.83 Å². The lowest BCUT2D eigenvalue weighted by atomic mass is 10.1. The van der Waals surface area contributed by atoms with Gasteiger partial charge in [-0.25, -0.2) is 4.79 Å². The topological polar surface area (TPSA) is 56.2 Å². The molecule has 88 valence electrons. The average molecular weight is 239 g/mol. The van der Waals surface area contributed by atoms with Gasteiger partial charge in [-0.3, -0.25) is 4.98 Å². The number of aromatic nitrogens is 1. The van der Waals surface area contributed by atoms with Crippen LogP contribution in [0.15, 0.2) is 68.8 Å². The van der Waals surface area contributed by atoms with E-state index in [4.69, 9.17) is 8.83 Å². The van der Waals surface area contributed by atoms with Crippen LogP contribution in [0.25, 0.3) is 22.6 Å². The first-order chi connectivity index (χ1) is 8.84. The van der Waals surface area contributed by atoms with Crippen molar-refractivity contribution in [3.8, 4) is 22.6 Å². The minimum atomic E-state index is -0.413. The molecule has 0 atom stereocenters. The Kier molecular flexibility index (Phi) is 2.53. The number of furan rings is 1. The second kappa shape index (κ2) is 4.33. The second-order valence-electron chi connectivity index (χ2n) is 3.73.